The Balaban J connectivity index is 0.000000241. The predicted molar refractivity (Wildman–Crippen MR) is 187 cm³/mol. The van der Waals surface area contributed by atoms with Crippen LogP contribution < -0.4 is 4.90 Å². The Morgan fingerprint density at radius 1 is 0.783 bits per heavy atom. The maximum absolute atomic E-state index is 5.24. The number of hydrogen-bond donors (Lipinski definition) is 0. The van der Waals surface area contributed by atoms with Crippen LogP contribution in [0.3, 0.4) is 0 Å². The monoisotopic (exact) mass is 779 g/mol. The Kier molecular flexibility index (Phi) is 8.95. The topological polar surface area (TPSA) is 36.7 Å². The van der Waals surface area contributed by atoms with E-state index in [1.165, 1.54) is 32.8 Å². The minimum absolute atomic E-state index is 0. The minimum atomic E-state index is 0. The van der Waals surface area contributed by atoms with Crippen molar-refractivity contribution in [1.29, 1.82) is 0 Å². The molecule has 0 saturated carbocycles. The van der Waals surface area contributed by atoms with Crippen molar-refractivity contribution < 1.29 is 20.1 Å². The number of aromatic nitrogens is 3. The zero-order chi connectivity index (χ0) is 31.1. The molecule has 4 aromatic carbocycles. The fourth-order valence-electron chi connectivity index (χ4n) is 6.23. The molecule has 230 valence electrons. The van der Waals surface area contributed by atoms with Crippen molar-refractivity contribution in [3.63, 3.8) is 0 Å². The van der Waals surface area contributed by atoms with Gasteiger partial charge in [-0.1, -0.05) is 57.3 Å². The number of para-hydroxylation sites is 1. The summed E-state index contributed by atoms with van der Waals surface area (Å²) in [4.78, 5) is 13.6. The first-order valence-electron chi connectivity index (χ1n) is 15.5. The van der Waals surface area contributed by atoms with Gasteiger partial charge in [0.1, 0.15) is 0 Å². The molecule has 0 bridgehead atoms. The third-order valence-electron chi connectivity index (χ3n) is 8.46. The summed E-state index contributed by atoms with van der Waals surface area (Å²) in [6, 6.07) is 34.0. The van der Waals surface area contributed by atoms with E-state index in [-0.39, 0.29) is 20.1 Å². The van der Waals surface area contributed by atoms with Crippen LogP contribution in [0.15, 0.2) is 110 Å². The molecule has 0 fully saturated rings. The summed E-state index contributed by atoms with van der Waals surface area (Å²) < 4.78 is 2.25. The number of imidazole rings is 1. The first-order valence-corrected chi connectivity index (χ1v) is 15.5. The van der Waals surface area contributed by atoms with E-state index in [4.69, 9.17) is 4.98 Å². The molecule has 6 heteroatoms. The zero-order valence-corrected chi connectivity index (χ0v) is 29.1. The summed E-state index contributed by atoms with van der Waals surface area (Å²) >= 11 is 0. The van der Waals surface area contributed by atoms with E-state index in [1.807, 2.05) is 78.6 Å². The molecule has 0 spiro atoms. The predicted octanol–water partition coefficient (Wildman–Crippen LogP) is 9.73. The number of fused-ring (bicyclic) bond motifs is 7. The zero-order valence-electron chi connectivity index (χ0n) is 26.7. The largest absolute Gasteiger partial charge is 3.00 e. The van der Waals surface area contributed by atoms with E-state index in [2.05, 4.69) is 104 Å². The standard InChI is InChI=1S/C30H26N3.C10H10N2.Ir/c1-18(2)22-10-7-11-23(19(3)4)29(22)27-17-33-28-15-21-16-31-13-12-20(21)14-26(28)24-8-5-6-9-25(24)30(33)32-27;1-11-7-8-12(9-11)10-5-3-2-4-6-10;/h5-8,10-19H,1-4H3;2-5,7-9H,1H3;/q-1;-2;+3. The van der Waals surface area contributed by atoms with Gasteiger partial charge in [-0.2, -0.15) is 37.0 Å². The van der Waals surface area contributed by atoms with Crippen LogP contribution in [0.1, 0.15) is 50.7 Å². The van der Waals surface area contributed by atoms with E-state index < -0.39 is 0 Å². The van der Waals surface area contributed by atoms with Gasteiger partial charge >= 0.3 is 20.1 Å². The molecule has 0 N–H and O–H groups in total. The number of anilines is 1. The summed E-state index contributed by atoms with van der Waals surface area (Å²) in [5, 5.41) is 5.76. The maximum atomic E-state index is 5.24. The van der Waals surface area contributed by atoms with Crippen molar-refractivity contribution in [3.8, 4) is 11.3 Å². The van der Waals surface area contributed by atoms with Crippen molar-refractivity contribution in [3.05, 3.63) is 140 Å². The Morgan fingerprint density at radius 2 is 1.57 bits per heavy atom. The molecule has 0 amide bonds. The van der Waals surface area contributed by atoms with E-state index in [1.54, 1.807) is 0 Å². The summed E-state index contributed by atoms with van der Waals surface area (Å²) in [7, 11) is 2.00. The molecular formula is C40H36IrN5. The second-order valence-electron chi connectivity index (χ2n) is 12.2. The summed E-state index contributed by atoms with van der Waals surface area (Å²) in [6.07, 6.45) is 10.0. The van der Waals surface area contributed by atoms with Crippen LogP contribution in [0.25, 0.3) is 49.4 Å². The van der Waals surface area contributed by atoms with Crippen LogP contribution in [0.5, 0.6) is 0 Å². The average Bonchev–Trinajstić information content (AvgIpc) is 3.71. The van der Waals surface area contributed by atoms with Crippen LogP contribution in [0, 0.1) is 18.8 Å². The van der Waals surface area contributed by atoms with Gasteiger partial charge in [-0.05, 0) is 65.3 Å². The molecule has 8 rings (SSSR count). The van der Waals surface area contributed by atoms with Crippen LogP contribution in [0.4, 0.5) is 5.69 Å². The average molecular weight is 779 g/mol. The van der Waals surface area contributed by atoms with Gasteiger partial charge in [0.15, 0.2) is 0 Å². The quantitative estimate of drug-likeness (QED) is 0.101. The fourth-order valence-corrected chi connectivity index (χ4v) is 6.23. The van der Waals surface area contributed by atoms with E-state index >= 15 is 0 Å². The number of hydrogen-bond acceptors (Lipinski definition) is 4. The van der Waals surface area contributed by atoms with Crippen LogP contribution >= 0.6 is 0 Å². The van der Waals surface area contributed by atoms with Crippen LogP contribution in [0.2, 0.25) is 0 Å². The van der Waals surface area contributed by atoms with E-state index in [0.717, 1.165) is 33.3 Å². The Labute approximate surface area is 284 Å². The van der Waals surface area contributed by atoms with Gasteiger partial charge in [-0.15, -0.1) is 35.3 Å². The van der Waals surface area contributed by atoms with Gasteiger partial charge in [0.25, 0.3) is 0 Å². The van der Waals surface area contributed by atoms with Gasteiger partial charge < -0.3 is 14.2 Å². The third-order valence-corrected chi connectivity index (χ3v) is 8.46. The second kappa shape index (κ2) is 13.1. The van der Waals surface area contributed by atoms with E-state index in [9.17, 15) is 0 Å². The smallest absolute Gasteiger partial charge is 0.510 e. The van der Waals surface area contributed by atoms with Crippen molar-refractivity contribution in [1.82, 2.24) is 19.3 Å². The Bertz CT molecular complexity index is 2160. The van der Waals surface area contributed by atoms with Gasteiger partial charge in [-0.25, -0.2) is 0 Å². The maximum Gasteiger partial charge on any atom is 3.00 e. The van der Waals surface area contributed by atoms with Crippen molar-refractivity contribution in [2.24, 2.45) is 0 Å². The Hall–Kier alpha value is -4.51. The summed E-state index contributed by atoms with van der Waals surface area (Å²) in [5.41, 5.74) is 8.15. The number of benzene rings is 4. The first-order chi connectivity index (χ1) is 21.9. The number of pyridine rings is 2. The summed E-state index contributed by atoms with van der Waals surface area (Å²) in [5.74, 6) is 0.831. The normalized spacial score (nSPS) is 12.8. The molecule has 0 atom stereocenters. The van der Waals surface area contributed by atoms with Crippen LogP contribution in [-0.2, 0) is 20.1 Å². The number of nitrogens with zero attached hydrogens (tertiary/aromatic N) is 5. The van der Waals surface area contributed by atoms with Crippen molar-refractivity contribution in [2.75, 3.05) is 11.9 Å². The molecule has 4 heterocycles. The van der Waals surface area contributed by atoms with Crippen LogP contribution in [-0.4, -0.2) is 26.3 Å². The molecule has 7 aromatic rings. The number of rotatable bonds is 4. The molecule has 5 nitrogen and oxygen atoms in total. The molecule has 0 aliphatic carbocycles. The molecule has 3 aromatic heterocycles. The summed E-state index contributed by atoms with van der Waals surface area (Å²) in [6.45, 7) is 11.0. The third kappa shape index (κ3) is 5.79. The molecule has 0 saturated heterocycles. The fraction of sp³-hybridized carbons (Fsp3) is 0.175. The minimum Gasteiger partial charge on any atom is -0.510 e. The SMILES string of the molecule is CC(C)c1cccc(C(C)C)c1-c1cn2c3cc4cnccc4cc3c3ccc[c-]c3c2n1.CN1C=CN(c2[c-]cccc2)[CH-]1.[Ir+3]. The Morgan fingerprint density at radius 3 is 2.26 bits per heavy atom. The van der Waals surface area contributed by atoms with Gasteiger partial charge in [0.05, 0.1) is 11.3 Å². The molecule has 1 aliphatic heterocycles. The molecule has 46 heavy (non-hydrogen) atoms. The second-order valence-corrected chi connectivity index (χ2v) is 12.2. The van der Waals surface area contributed by atoms with Gasteiger partial charge in [0, 0.05) is 35.1 Å². The molecule has 0 radical (unpaired) electrons. The molecular weight excluding hydrogens is 743 g/mol. The van der Waals surface area contributed by atoms with Gasteiger partial charge in [0.2, 0.25) is 0 Å². The first kappa shape index (κ1) is 31.5. The molecule has 0 unspecified atom stereocenters. The van der Waals surface area contributed by atoms with Gasteiger partial charge in [-0.3, -0.25) is 9.97 Å². The van der Waals surface area contributed by atoms with E-state index in [0.29, 0.717) is 11.8 Å². The van der Waals surface area contributed by atoms with Crippen molar-refractivity contribution >= 4 is 43.8 Å². The molecule has 1 aliphatic rings. The van der Waals surface area contributed by atoms with Crippen molar-refractivity contribution in [2.45, 2.75) is 39.5 Å².